The van der Waals surface area contributed by atoms with Crippen molar-refractivity contribution < 1.29 is 86.7 Å². The Bertz CT molecular complexity index is 1530. The topological polar surface area (TPSA) is 117 Å². The van der Waals surface area contributed by atoms with Crippen LogP contribution in [0.15, 0.2) is 47.1 Å². The molecule has 1 atom stereocenters. The summed E-state index contributed by atoms with van der Waals surface area (Å²) in [5, 5.41) is 1.14. The predicted molar refractivity (Wildman–Crippen MR) is 154 cm³/mol. The van der Waals surface area contributed by atoms with Crippen molar-refractivity contribution in [3.8, 4) is 5.75 Å². The van der Waals surface area contributed by atoms with Crippen molar-refractivity contribution in [1.82, 2.24) is 8.87 Å². The largest absolute Gasteiger partial charge is 1.00 e. The third-order valence-electron chi connectivity index (χ3n) is 7.62. The summed E-state index contributed by atoms with van der Waals surface area (Å²) in [5.41, 5.74) is 3.78. The van der Waals surface area contributed by atoms with E-state index in [4.69, 9.17) is 14.3 Å². The Labute approximate surface area is 300 Å². The van der Waals surface area contributed by atoms with Crippen LogP contribution in [0.4, 0.5) is 0 Å². The van der Waals surface area contributed by atoms with Gasteiger partial charge in [-0.2, -0.15) is 21.9 Å². The fraction of sp³-hybridized carbons (Fsp3) is 0.414. The molecule has 2 aromatic carbocycles. The number of benzene rings is 2. The summed E-state index contributed by atoms with van der Waals surface area (Å²) < 4.78 is 37.5. The molecule has 42 heavy (non-hydrogen) atoms. The zero-order chi connectivity index (χ0) is 29.0. The van der Waals surface area contributed by atoms with Crippen LogP contribution in [0.25, 0.3) is 15.6 Å². The number of fused-ring (bicyclic) bond motifs is 1. The molecule has 0 saturated heterocycles. The van der Waals surface area contributed by atoms with Gasteiger partial charge in [0.15, 0.2) is 10.2 Å². The predicted octanol–water partition coefficient (Wildman–Crippen LogP) is -0.0331. The molecular formula is C29H32BrN3Na2O6S. The van der Waals surface area contributed by atoms with Crippen LogP contribution in [0.5, 0.6) is 5.75 Å². The second-order valence-electron chi connectivity index (χ2n) is 10.3. The summed E-state index contributed by atoms with van der Waals surface area (Å²) in [4.78, 5) is 29.0. The van der Waals surface area contributed by atoms with Gasteiger partial charge in [-0.25, -0.2) is 12.7 Å². The maximum atomic E-state index is 12.8. The molecule has 2 aliphatic carbocycles. The summed E-state index contributed by atoms with van der Waals surface area (Å²) in [6, 6.07) is 11.5. The minimum atomic E-state index is -3.99. The average Bonchev–Trinajstić information content (AvgIpc) is 3.60. The Morgan fingerprint density at radius 3 is 2.38 bits per heavy atom. The Balaban J connectivity index is 0.00000118. The molecule has 0 unspecified atom stereocenters. The number of ether oxygens (including phenoxy) is 1. The van der Waals surface area contributed by atoms with E-state index >= 15 is 0 Å². The fourth-order valence-electron chi connectivity index (χ4n) is 5.40. The van der Waals surface area contributed by atoms with Crippen molar-refractivity contribution >= 4 is 49.1 Å². The molecule has 1 aromatic heterocycles. The van der Waals surface area contributed by atoms with E-state index in [-0.39, 0.29) is 70.8 Å². The molecule has 214 valence electrons. The van der Waals surface area contributed by atoms with Crippen molar-refractivity contribution in [2.24, 2.45) is 0 Å². The number of amides is 1. The third kappa shape index (κ3) is 8.81. The summed E-state index contributed by atoms with van der Waals surface area (Å²) in [5.74, 6) is 2.36. The quantitative estimate of drug-likeness (QED) is 0.245. The van der Waals surface area contributed by atoms with Gasteiger partial charge in [-0.1, -0.05) is 59.4 Å². The molecule has 0 bridgehead atoms. The molecule has 13 heteroatoms. The van der Waals surface area contributed by atoms with Crippen LogP contribution < -0.4 is 63.9 Å². The van der Waals surface area contributed by atoms with Crippen LogP contribution in [0.1, 0.15) is 71.8 Å². The second-order valence-corrected chi connectivity index (χ2v) is 13.0. The monoisotopic (exact) mass is 675 g/mol. The van der Waals surface area contributed by atoms with Gasteiger partial charge in [-0.3, -0.25) is 5.92 Å². The Hall–Kier alpha value is -0.980. The number of halogens is 1. The van der Waals surface area contributed by atoms with E-state index in [0.717, 1.165) is 38.4 Å². The summed E-state index contributed by atoms with van der Waals surface area (Å²) in [6.45, 7) is 0.752. The Morgan fingerprint density at radius 2 is 1.76 bits per heavy atom. The van der Waals surface area contributed by atoms with E-state index in [0.29, 0.717) is 11.8 Å². The normalized spacial score (nSPS) is 16.8. The van der Waals surface area contributed by atoms with E-state index in [1.165, 1.54) is 63.2 Å². The van der Waals surface area contributed by atoms with Crippen LogP contribution in [0.3, 0.4) is 0 Å². The van der Waals surface area contributed by atoms with E-state index < -0.39 is 16.1 Å². The number of carbonyl (C=O) groups is 1. The molecule has 0 radical (unpaired) electrons. The van der Waals surface area contributed by atoms with Gasteiger partial charge in [0.05, 0.1) is 13.0 Å². The van der Waals surface area contributed by atoms with Gasteiger partial charge < -0.3 is 18.8 Å². The van der Waals surface area contributed by atoms with Crippen molar-refractivity contribution in [1.29, 1.82) is 0 Å². The number of hydrogen-bond acceptors (Lipinski definition) is 6. The van der Waals surface area contributed by atoms with Crippen LogP contribution in [-0.4, -0.2) is 50.6 Å². The minimum Gasteiger partial charge on any atom is -0.528 e. The molecule has 2 aliphatic rings. The van der Waals surface area contributed by atoms with Crippen LogP contribution >= 0.6 is 15.9 Å². The maximum Gasteiger partial charge on any atom is 1.00 e. The van der Waals surface area contributed by atoms with E-state index in [1.54, 1.807) is 19.2 Å². The van der Waals surface area contributed by atoms with Gasteiger partial charge in [0.25, 0.3) is 0 Å². The number of aromatic nitrogens is 1. The summed E-state index contributed by atoms with van der Waals surface area (Å²) >= 11 is 3.69. The number of rotatable bonds is 8. The molecule has 2 fully saturated rings. The van der Waals surface area contributed by atoms with Crippen molar-refractivity contribution in [3.63, 3.8) is 0 Å². The first-order valence-corrected chi connectivity index (χ1v) is 15.3. The first-order valence-electron chi connectivity index (χ1n) is 13.1. The summed E-state index contributed by atoms with van der Waals surface area (Å²) in [7, 11) is 0.408. The van der Waals surface area contributed by atoms with E-state index in [2.05, 4.69) is 37.5 Å². The van der Waals surface area contributed by atoms with Crippen molar-refractivity contribution in [2.45, 2.75) is 56.9 Å². The summed E-state index contributed by atoms with van der Waals surface area (Å²) in [6.07, 6.45) is 9.60. The first-order chi connectivity index (χ1) is 19.1. The van der Waals surface area contributed by atoms with Gasteiger partial charge in [-0.05, 0) is 48.6 Å². The smallest absolute Gasteiger partial charge is 0.528 e. The van der Waals surface area contributed by atoms with Gasteiger partial charge in [0, 0.05) is 41.2 Å². The van der Waals surface area contributed by atoms with E-state index in [1.807, 2.05) is 18.2 Å². The molecule has 1 heterocycles. The molecule has 5 rings (SSSR count). The third-order valence-corrected chi connectivity index (χ3v) is 9.66. The molecule has 9 nitrogen and oxygen atoms in total. The Morgan fingerprint density at radius 1 is 1.10 bits per heavy atom. The maximum absolute atomic E-state index is 12.8. The minimum absolute atomic E-state index is 0. The van der Waals surface area contributed by atoms with Crippen molar-refractivity contribution in [3.05, 3.63) is 74.4 Å². The number of hydrogen-bond donors (Lipinski definition) is 0. The fourth-order valence-corrected chi connectivity index (χ4v) is 6.41. The zero-order valence-electron chi connectivity index (χ0n) is 24.7. The molecule has 0 aliphatic heterocycles. The van der Waals surface area contributed by atoms with E-state index in [9.17, 15) is 13.2 Å². The Kier molecular flexibility index (Phi) is 14.5. The van der Waals surface area contributed by atoms with Crippen LogP contribution in [0, 0.1) is 5.92 Å². The SMILES string of the molecule is COc1ccc(Br)c([C@@H]2C[C-]2Cn2cc(C3CCCCC3)c3ccc(C(=O)[N-]S(=O)(=O)N(C)C)cc32)c1.O=C=O.[Na+].[Na+]. The number of nitrogens with zero attached hydrogens (tertiary/aromatic N) is 3. The molecule has 3 aromatic rings. The van der Waals surface area contributed by atoms with Gasteiger partial charge in [0.2, 0.25) is 0 Å². The molecule has 1 amide bonds. The van der Waals surface area contributed by atoms with Crippen LogP contribution in [-0.2, 0) is 26.3 Å². The molecule has 2 saturated carbocycles. The number of methoxy groups -OCH3 is 1. The van der Waals surface area contributed by atoms with Gasteiger partial charge in [-0.15, -0.1) is 0 Å². The molecular weight excluding hydrogens is 644 g/mol. The average molecular weight is 677 g/mol. The number of carbonyl (C=O) groups excluding carboxylic acids is 3. The van der Waals surface area contributed by atoms with Crippen LogP contribution in [0.2, 0.25) is 0 Å². The second kappa shape index (κ2) is 16.4. The first kappa shape index (κ1) is 37.2. The van der Waals surface area contributed by atoms with Gasteiger partial charge in [0.1, 0.15) is 5.75 Å². The zero-order valence-corrected chi connectivity index (χ0v) is 31.1. The van der Waals surface area contributed by atoms with Gasteiger partial charge >= 0.3 is 65.3 Å². The standard InChI is InChI=1S/C28H33BrN3O4S.CO2.2Na/c1-31(2)37(34,35)30-28(33)19-9-11-22-25(18-7-5-4-6-8-18)17-32(27(22)14-19)16-20-13-23(20)24-15-21(36-3)10-12-26(24)29;2-1-3;;/h9-12,14-15,17-18,23H,4-8,13,16H2,1-3H3,(H,30,33);;;/q-1;;2*+1/p-1/t23-;;;/m1.../s1. The van der Waals surface area contributed by atoms with Crippen molar-refractivity contribution in [2.75, 3.05) is 21.2 Å². The molecule has 0 spiro atoms. The molecule has 0 N–H and O–H groups in total.